The molecule has 25 heavy (non-hydrogen) atoms. The third kappa shape index (κ3) is 3.43. The summed E-state index contributed by atoms with van der Waals surface area (Å²) in [6.45, 7) is 8.23. The van der Waals surface area contributed by atoms with Crippen LogP contribution in [-0.4, -0.2) is 52.5 Å². The molecule has 1 N–H and O–H groups in total. The van der Waals surface area contributed by atoms with Crippen LogP contribution in [0.3, 0.4) is 0 Å². The summed E-state index contributed by atoms with van der Waals surface area (Å²) in [6.07, 6.45) is 0. The maximum absolute atomic E-state index is 13.9. The average Bonchev–Trinajstić information content (AvgIpc) is 3.06. The van der Waals surface area contributed by atoms with Gasteiger partial charge in [0.15, 0.2) is 0 Å². The molecule has 4 nitrogen and oxygen atoms in total. The van der Waals surface area contributed by atoms with Gasteiger partial charge in [0.1, 0.15) is 11.6 Å². The third-order valence-electron chi connectivity index (χ3n) is 5.02. The number of aromatic amines is 1. The molecule has 0 atom stereocenters. The fraction of sp³-hybridized carbons (Fsp3) is 0.350. The van der Waals surface area contributed by atoms with E-state index in [9.17, 15) is 4.39 Å². The summed E-state index contributed by atoms with van der Waals surface area (Å²) in [5.41, 5.74) is 3.91. The Morgan fingerprint density at radius 1 is 1.04 bits per heavy atom. The predicted molar refractivity (Wildman–Crippen MR) is 98.9 cm³/mol. The van der Waals surface area contributed by atoms with Gasteiger partial charge in [-0.1, -0.05) is 19.1 Å². The quantitative estimate of drug-likeness (QED) is 0.791. The van der Waals surface area contributed by atoms with E-state index >= 15 is 0 Å². The van der Waals surface area contributed by atoms with Crippen molar-refractivity contribution >= 4 is 11.0 Å². The van der Waals surface area contributed by atoms with E-state index in [0.29, 0.717) is 0 Å². The molecule has 0 radical (unpaired) electrons. The number of nitrogens with one attached hydrogen (secondary N) is 1. The van der Waals surface area contributed by atoms with Crippen molar-refractivity contribution < 1.29 is 4.39 Å². The maximum Gasteiger partial charge on any atom is 0.138 e. The van der Waals surface area contributed by atoms with Crippen molar-refractivity contribution in [3.8, 4) is 11.4 Å². The van der Waals surface area contributed by atoms with Crippen molar-refractivity contribution in [2.75, 3.05) is 32.7 Å². The lowest BCUT2D eigenvalue weighted by atomic mass is 10.1. The molecule has 130 valence electrons. The highest BCUT2D eigenvalue weighted by molar-refractivity contribution is 5.79. The molecule has 1 aromatic heterocycles. The highest BCUT2D eigenvalue weighted by Crippen LogP contribution is 2.26. The first-order valence-corrected chi connectivity index (χ1v) is 8.91. The molecule has 0 aliphatic carbocycles. The average molecular weight is 338 g/mol. The van der Waals surface area contributed by atoms with Crippen LogP contribution in [0.2, 0.25) is 0 Å². The number of benzene rings is 2. The van der Waals surface area contributed by atoms with Crippen molar-refractivity contribution in [3.05, 3.63) is 53.8 Å². The van der Waals surface area contributed by atoms with Crippen LogP contribution in [0.25, 0.3) is 22.4 Å². The van der Waals surface area contributed by atoms with E-state index in [1.54, 1.807) is 6.07 Å². The molecule has 1 fully saturated rings. The van der Waals surface area contributed by atoms with E-state index in [2.05, 4.69) is 26.7 Å². The molecule has 0 spiro atoms. The van der Waals surface area contributed by atoms with E-state index in [-0.39, 0.29) is 5.82 Å². The monoisotopic (exact) mass is 338 g/mol. The summed E-state index contributed by atoms with van der Waals surface area (Å²) in [4.78, 5) is 12.9. The molecule has 0 unspecified atom stereocenters. The Bertz CT molecular complexity index is 832. The summed E-state index contributed by atoms with van der Waals surface area (Å²) in [7, 11) is 0. The Kier molecular flexibility index (Phi) is 4.51. The molecule has 1 aliphatic rings. The van der Waals surface area contributed by atoms with E-state index in [4.69, 9.17) is 0 Å². The molecule has 1 aliphatic heterocycles. The van der Waals surface area contributed by atoms with E-state index in [1.807, 2.05) is 30.3 Å². The van der Waals surface area contributed by atoms with Crippen molar-refractivity contribution in [2.24, 2.45) is 0 Å². The number of halogens is 1. The van der Waals surface area contributed by atoms with Crippen LogP contribution in [0.5, 0.6) is 0 Å². The van der Waals surface area contributed by atoms with Crippen molar-refractivity contribution in [1.82, 2.24) is 19.8 Å². The number of para-hydroxylation sites is 2. The minimum Gasteiger partial charge on any atom is -0.338 e. The second-order valence-electron chi connectivity index (χ2n) is 6.61. The summed E-state index contributed by atoms with van der Waals surface area (Å²) in [5, 5.41) is 0. The lowest BCUT2D eigenvalue weighted by molar-refractivity contribution is 0.132. The predicted octanol–water partition coefficient (Wildman–Crippen LogP) is 3.51. The van der Waals surface area contributed by atoms with Gasteiger partial charge in [0.2, 0.25) is 0 Å². The van der Waals surface area contributed by atoms with E-state index in [0.717, 1.165) is 67.3 Å². The lowest BCUT2D eigenvalue weighted by Crippen LogP contribution is -2.45. The van der Waals surface area contributed by atoms with Crippen LogP contribution in [0, 0.1) is 5.82 Å². The number of aromatic nitrogens is 2. The molecule has 3 aromatic rings. The Balaban J connectivity index is 1.62. The summed E-state index contributed by atoms with van der Waals surface area (Å²) in [6, 6.07) is 13.0. The minimum absolute atomic E-state index is 0.193. The number of piperazine rings is 1. The first-order valence-electron chi connectivity index (χ1n) is 8.91. The number of hydrogen-bond donors (Lipinski definition) is 1. The lowest BCUT2D eigenvalue weighted by Gasteiger charge is -2.34. The minimum atomic E-state index is -0.193. The number of likely N-dealkylation sites (N-methyl/N-ethyl adjacent to an activating group) is 1. The van der Waals surface area contributed by atoms with Gasteiger partial charge in [-0.3, -0.25) is 4.90 Å². The molecule has 1 saturated heterocycles. The standard InChI is InChI=1S/C20H23FN4/c1-2-24-9-11-25(12-10-24)14-15-13-16(21)7-8-17(15)20-22-18-5-3-4-6-19(18)23-20/h3-8,13H,2,9-12,14H2,1H3,(H,22,23). The van der Waals surface area contributed by atoms with Crippen LogP contribution in [0.4, 0.5) is 4.39 Å². The van der Waals surface area contributed by atoms with Gasteiger partial charge >= 0.3 is 0 Å². The van der Waals surface area contributed by atoms with Gasteiger partial charge in [0.05, 0.1) is 11.0 Å². The molecule has 0 bridgehead atoms. The van der Waals surface area contributed by atoms with Crippen molar-refractivity contribution in [1.29, 1.82) is 0 Å². The second-order valence-corrected chi connectivity index (χ2v) is 6.61. The topological polar surface area (TPSA) is 35.2 Å². The van der Waals surface area contributed by atoms with E-state index in [1.165, 1.54) is 6.07 Å². The Hall–Kier alpha value is -2.24. The zero-order chi connectivity index (χ0) is 17.2. The number of H-pyrrole nitrogens is 1. The fourth-order valence-electron chi connectivity index (χ4n) is 3.51. The van der Waals surface area contributed by atoms with Crippen LogP contribution < -0.4 is 0 Å². The van der Waals surface area contributed by atoms with Gasteiger partial charge < -0.3 is 9.88 Å². The Morgan fingerprint density at radius 2 is 1.80 bits per heavy atom. The molecule has 4 rings (SSSR count). The van der Waals surface area contributed by atoms with Gasteiger partial charge in [0.25, 0.3) is 0 Å². The van der Waals surface area contributed by atoms with Gasteiger partial charge in [-0.25, -0.2) is 9.37 Å². The largest absolute Gasteiger partial charge is 0.338 e. The molecule has 0 amide bonds. The van der Waals surface area contributed by atoms with Crippen molar-refractivity contribution in [2.45, 2.75) is 13.5 Å². The number of nitrogens with zero attached hydrogens (tertiary/aromatic N) is 3. The molecule has 0 saturated carbocycles. The van der Waals surface area contributed by atoms with E-state index < -0.39 is 0 Å². The highest BCUT2D eigenvalue weighted by atomic mass is 19.1. The van der Waals surface area contributed by atoms with Gasteiger partial charge in [0, 0.05) is 38.3 Å². The number of rotatable bonds is 4. The number of imidazole rings is 1. The van der Waals surface area contributed by atoms with Crippen LogP contribution in [0.15, 0.2) is 42.5 Å². The summed E-state index contributed by atoms with van der Waals surface area (Å²) >= 11 is 0. The summed E-state index contributed by atoms with van der Waals surface area (Å²) < 4.78 is 13.9. The SMILES string of the molecule is CCN1CCN(Cc2cc(F)ccc2-c2nc3ccccc3[nH]2)CC1. The molecular weight excluding hydrogens is 315 g/mol. The van der Waals surface area contributed by atoms with Crippen molar-refractivity contribution in [3.63, 3.8) is 0 Å². The molecule has 2 aromatic carbocycles. The third-order valence-corrected chi connectivity index (χ3v) is 5.02. The summed E-state index contributed by atoms with van der Waals surface area (Å²) in [5.74, 6) is 0.616. The van der Waals surface area contributed by atoms with Crippen LogP contribution >= 0.6 is 0 Å². The number of hydrogen-bond acceptors (Lipinski definition) is 3. The smallest absolute Gasteiger partial charge is 0.138 e. The Morgan fingerprint density at radius 3 is 2.56 bits per heavy atom. The first kappa shape index (κ1) is 16.2. The van der Waals surface area contributed by atoms with Gasteiger partial charge in [-0.2, -0.15) is 0 Å². The zero-order valence-electron chi connectivity index (χ0n) is 14.5. The normalized spacial score (nSPS) is 16.6. The van der Waals surface area contributed by atoms with Crippen LogP contribution in [0.1, 0.15) is 12.5 Å². The zero-order valence-corrected chi connectivity index (χ0v) is 14.5. The van der Waals surface area contributed by atoms with Crippen LogP contribution in [-0.2, 0) is 6.54 Å². The van der Waals surface area contributed by atoms with Gasteiger partial charge in [-0.15, -0.1) is 0 Å². The first-order chi connectivity index (χ1) is 12.2. The Labute approximate surface area is 147 Å². The van der Waals surface area contributed by atoms with Gasteiger partial charge in [-0.05, 0) is 42.4 Å². The maximum atomic E-state index is 13.9. The molecule has 5 heteroatoms. The second kappa shape index (κ2) is 6.94. The number of fused-ring (bicyclic) bond motifs is 1. The molecular formula is C20H23FN4. The fourth-order valence-corrected chi connectivity index (χ4v) is 3.51. The molecule has 2 heterocycles. The highest BCUT2D eigenvalue weighted by Gasteiger charge is 2.18.